The zero-order valence-corrected chi connectivity index (χ0v) is 30.0. The van der Waals surface area contributed by atoms with Crippen LogP contribution in [0.2, 0.25) is 0 Å². The first-order valence-corrected chi connectivity index (χ1v) is 14.9. The second kappa shape index (κ2) is 53.9. The average molecular weight is 663 g/mol. The fourth-order valence-corrected chi connectivity index (χ4v) is 1.88. The first-order chi connectivity index (χ1) is 22.4. The van der Waals surface area contributed by atoms with Crippen molar-refractivity contribution in [1.82, 2.24) is 0 Å². The van der Waals surface area contributed by atoms with Gasteiger partial charge < -0.3 is 29.2 Å². The Kier molecular flexibility index (Phi) is 62.9. The third-order valence-corrected chi connectivity index (χ3v) is 4.18. The Morgan fingerprint density at radius 1 is 0.660 bits per heavy atom. The van der Waals surface area contributed by atoms with Crippen LogP contribution in [0.15, 0.2) is 123 Å². The summed E-state index contributed by atoms with van der Waals surface area (Å²) in [4.78, 5) is 28.7. The van der Waals surface area contributed by atoms with Crippen LogP contribution >= 0.6 is 0 Å². The van der Waals surface area contributed by atoms with E-state index in [1.165, 1.54) is 45.6 Å². The summed E-state index contributed by atoms with van der Waals surface area (Å²) in [5.74, 6) is 0.829. The molecule has 0 fully saturated rings. The summed E-state index contributed by atoms with van der Waals surface area (Å²) >= 11 is 0. The summed E-state index contributed by atoms with van der Waals surface area (Å²) < 4.78 is 16.7. The van der Waals surface area contributed by atoms with Crippen LogP contribution in [-0.4, -0.2) is 56.7 Å². The molecule has 0 aliphatic heterocycles. The molecule has 0 radical (unpaired) electrons. The van der Waals surface area contributed by atoms with Crippen molar-refractivity contribution in [3.63, 3.8) is 0 Å². The maximum Gasteiger partial charge on any atom is 0.505 e. The number of hydrogen-bond donors (Lipinski definition) is 2. The minimum atomic E-state index is -1.25. The van der Waals surface area contributed by atoms with Crippen LogP contribution in [0.3, 0.4) is 0 Å². The number of allylic oxidation sites excluding steroid dienone is 14. The lowest BCUT2D eigenvalue weighted by atomic mass is 10.2. The topological polar surface area (TPSA) is 129 Å². The van der Waals surface area contributed by atoms with E-state index in [-0.39, 0.29) is 5.97 Å². The monoisotopic (exact) mass is 662 g/mol. The lowest BCUT2D eigenvalue weighted by molar-refractivity contribution is -0.136. The van der Waals surface area contributed by atoms with Crippen molar-refractivity contribution in [2.24, 2.45) is 0 Å². The van der Waals surface area contributed by atoms with Gasteiger partial charge in [-0.15, -0.1) is 13.2 Å². The minimum absolute atomic E-state index is 0.319. The van der Waals surface area contributed by atoms with Gasteiger partial charge >= 0.3 is 12.1 Å². The Hall–Kier alpha value is -4.63. The van der Waals surface area contributed by atoms with Crippen molar-refractivity contribution < 1.29 is 43.5 Å². The van der Waals surface area contributed by atoms with Gasteiger partial charge in [0.05, 0.1) is 32.8 Å². The summed E-state index contributed by atoms with van der Waals surface area (Å²) in [6, 6.07) is 0. The van der Waals surface area contributed by atoms with Gasteiger partial charge in [-0.05, 0) is 65.7 Å². The van der Waals surface area contributed by atoms with Crippen molar-refractivity contribution in [3.05, 3.63) is 123 Å². The predicted octanol–water partition coefficient (Wildman–Crippen LogP) is 9.77. The number of aliphatic hydroxyl groups is 1. The summed E-state index contributed by atoms with van der Waals surface area (Å²) in [5.41, 5.74) is 0.433. The summed E-state index contributed by atoms with van der Waals surface area (Å²) in [6.45, 7) is 23.7. The molecular weight excluding hydrogens is 600 g/mol. The molecule has 0 atom stereocenters. The molecule has 0 saturated heterocycles. The third-order valence-electron chi connectivity index (χ3n) is 4.18. The highest BCUT2D eigenvalue weighted by atomic mass is 16.6. The molecule has 0 spiro atoms. The third kappa shape index (κ3) is 85.6. The Labute approximate surface area is 285 Å². The van der Waals surface area contributed by atoms with Gasteiger partial charge in [0.2, 0.25) is 0 Å². The number of carbonyl (C=O) groups is 3. The fourth-order valence-electron chi connectivity index (χ4n) is 1.88. The number of rotatable bonds is 5. The van der Waals surface area contributed by atoms with E-state index in [0.29, 0.717) is 24.4 Å². The number of carboxylic acid groups (broad SMARTS) is 1. The first kappa shape index (κ1) is 54.8. The van der Waals surface area contributed by atoms with Crippen LogP contribution in [0.5, 0.6) is 0 Å². The molecule has 0 aromatic heterocycles. The van der Waals surface area contributed by atoms with Crippen LogP contribution in [0.25, 0.3) is 0 Å². The normalized spacial score (nSPS) is 11.3. The number of esters is 1. The molecule has 3 aliphatic carbocycles. The highest BCUT2D eigenvalue weighted by Gasteiger charge is 1.95. The van der Waals surface area contributed by atoms with E-state index in [9.17, 15) is 9.59 Å². The molecule has 0 bridgehead atoms. The SMILES string of the molecule is C1=CCCC=C1.C1=CCCC=C1.C1=CCCC=C1.C=C.C=C(C)C(=O)OC.C=C(C)OC.C=C(C)OC=O.CCCO.COC(=O)O. The zero-order chi connectivity index (χ0) is 37.6. The van der Waals surface area contributed by atoms with E-state index in [2.05, 4.69) is 125 Å². The Morgan fingerprint density at radius 3 is 0.936 bits per heavy atom. The number of hydrogen-bond acceptors (Lipinski definition) is 8. The van der Waals surface area contributed by atoms with Crippen LogP contribution < -0.4 is 0 Å². The molecule has 0 saturated carbocycles. The Balaban J connectivity index is -0.000000102. The maximum atomic E-state index is 10.2. The van der Waals surface area contributed by atoms with Crippen LogP contribution in [-0.2, 0) is 28.5 Å². The number of aliphatic hydroxyl groups excluding tert-OH is 1. The fraction of sp³-hybridized carbons (Fsp3) is 0.395. The van der Waals surface area contributed by atoms with Crippen LogP contribution in [0.1, 0.15) is 72.6 Å². The van der Waals surface area contributed by atoms with E-state index in [0.717, 1.165) is 19.3 Å². The molecule has 9 nitrogen and oxygen atoms in total. The molecule has 47 heavy (non-hydrogen) atoms. The van der Waals surface area contributed by atoms with E-state index in [1.807, 2.05) is 6.92 Å². The highest BCUT2D eigenvalue weighted by molar-refractivity contribution is 5.86. The second-order valence-corrected chi connectivity index (χ2v) is 8.59. The standard InChI is InChI=1S/3C6H8.C5H8O2.C4H6O2.C4H8O.C3H8O.C2H4O3.C2H4/c3*1-2-4-6-5-3-1;1-4(2)5(6)7-3;1-4(2)6-3-5;1-4(2)5-3;1-2-3-4;1-5-2(3)4;1-2/h3*1-4H,5-6H2;1H2,2-3H3;3H,1H2,2H3;1H2,2-3H3;4H,2-3H2,1H3;1H3,(H,3,4);1-2H2. The van der Waals surface area contributed by atoms with Crippen molar-refractivity contribution in [2.45, 2.75) is 72.6 Å². The van der Waals surface area contributed by atoms with Gasteiger partial charge in [0.25, 0.3) is 6.47 Å². The zero-order valence-electron chi connectivity index (χ0n) is 30.0. The van der Waals surface area contributed by atoms with Crippen molar-refractivity contribution in [3.8, 4) is 0 Å². The summed E-state index contributed by atoms with van der Waals surface area (Å²) in [7, 11) is 4.03. The molecule has 0 aromatic carbocycles. The molecule has 0 heterocycles. The Morgan fingerprint density at radius 2 is 0.915 bits per heavy atom. The minimum Gasteiger partial charge on any atom is -0.502 e. The quantitative estimate of drug-likeness (QED) is 0.0738. The highest BCUT2D eigenvalue weighted by Crippen LogP contribution is 1.99. The smallest absolute Gasteiger partial charge is 0.502 e. The van der Waals surface area contributed by atoms with Gasteiger partial charge in [-0.3, -0.25) is 4.79 Å². The lowest BCUT2D eigenvalue weighted by Crippen LogP contribution is -1.98. The summed E-state index contributed by atoms with van der Waals surface area (Å²) in [6.07, 6.45) is 32.6. The van der Waals surface area contributed by atoms with E-state index < -0.39 is 6.16 Å². The number of methoxy groups -OCH3 is 3. The maximum absolute atomic E-state index is 10.2. The van der Waals surface area contributed by atoms with E-state index >= 15 is 0 Å². The number of carbonyl (C=O) groups excluding carboxylic acids is 2. The molecule has 3 aliphatic rings. The second-order valence-electron chi connectivity index (χ2n) is 8.59. The van der Waals surface area contributed by atoms with Gasteiger partial charge in [0.15, 0.2) is 0 Å². The molecule has 268 valence electrons. The van der Waals surface area contributed by atoms with Gasteiger partial charge in [-0.25, -0.2) is 9.59 Å². The molecular formula is C38H62O9. The lowest BCUT2D eigenvalue weighted by Gasteiger charge is -1.91. The molecule has 3 rings (SSSR count). The Bertz CT molecular complexity index is 828. The van der Waals surface area contributed by atoms with Gasteiger partial charge in [0, 0.05) is 12.2 Å². The van der Waals surface area contributed by atoms with Crippen molar-refractivity contribution in [1.29, 1.82) is 0 Å². The van der Waals surface area contributed by atoms with Crippen LogP contribution in [0, 0.1) is 0 Å². The average Bonchev–Trinajstić information content (AvgIpc) is 3.12. The van der Waals surface area contributed by atoms with Gasteiger partial charge in [-0.2, -0.15) is 0 Å². The molecule has 0 aromatic rings. The van der Waals surface area contributed by atoms with E-state index in [4.69, 9.17) is 15.0 Å². The molecule has 9 heteroatoms. The van der Waals surface area contributed by atoms with Crippen LogP contribution in [0.4, 0.5) is 4.79 Å². The van der Waals surface area contributed by atoms with Gasteiger partial charge in [0.1, 0.15) is 0 Å². The summed E-state index contributed by atoms with van der Waals surface area (Å²) in [5, 5.41) is 15.4. The molecule has 0 unspecified atom stereocenters. The number of ether oxygens (including phenoxy) is 4. The van der Waals surface area contributed by atoms with Crippen molar-refractivity contribution in [2.75, 3.05) is 27.9 Å². The molecule has 0 amide bonds. The van der Waals surface area contributed by atoms with E-state index in [1.54, 1.807) is 27.9 Å². The first-order valence-electron chi connectivity index (χ1n) is 14.9. The van der Waals surface area contributed by atoms with Gasteiger partial charge in [-0.1, -0.05) is 99.6 Å². The molecule has 2 N–H and O–H groups in total. The predicted molar refractivity (Wildman–Crippen MR) is 197 cm³/mol. The largest absolute Gasteiger partial charge is 0.505 e. The van der Waals surface area contributed by atoms with Crippen molar-refractivity contribution >= 4 is 18.6 Å².